The molecule has 3 atom stereocenters. The fraction of sp³-hybridized carbons (Fsp3) is 0.857. The van der Waals surface area contributed by atoms with Crippen LogP contribution in [-0.2, 0) is 9.53 Å². The summed E-state index contributed by atoms with van der Waals surface area (Å²) in [6.45, 7) is 3.63. The van der Waals surface area contributed by atoms with E-state index in [9.17, 15) is 4.79 Å². The Hall–Kier alpha value is -0.570. The fourth-order valence-electron chi connectivity index (χ4n) is 1.27. The molecule has 0 aromatic carbocycles. The SMILES string of the molecule is CC1OC(=O)C(C)C1CO. The number of aliphatic hydroxyl groups excluding tert-OH is 1. The molecule has 58 valence electrons. The third-order valence-electron chi connectivity index (χ3n) is 2.13. The summed E-state index contributed by atoms with van der Waals surface area (Å²) in [6, 6.07) is 0. The molecule has 1 N–H and O–H groups in total. The molecule has 3 nitrogen and oxygen atoms in total. The summed E-state index contributed by atoms with van der Waals surface area (Å²) in [4.78, 5) is 10.8. The average Bonchev–Trinajstić information content (AvgIpc) is 2.09. The molecule has 0 spiro atoms. The third-order valence-corrected chi connectivity index (χ3v) is 2.13. The summed E-state index contributed by atoms with van der Waals surface area (Å²) in [5.74, 6) is -0.334. The van der Waals surface area contributed by atoms with Gasteiger partial charge >= 0.3 is 5.97 Å². The number of rotatable bonds is 1. The molecule has 0 bridgehead atoms. The zero-order chi connectivity index (χ0) is 7.72. The average molecular weight is 144 g/mol. The Morgan fingerprint density at radius 1 is 1.60 bits per heavy atom. The summed E-state index contributed by atoms with van der Waals surface area (Å²) >= 11 is 0. The molecule has 1 aliphatic rings. The van der Waals surface area contributed by atoms with Crippen molar-refractivity contribution in [3.05, 3.63) is 0 Å². The number of esters is 1. The maximum atomic E-state index is 10.8. The first-order chi connectivity index (χ1) is 4.66. The lowest BCUT2D eigenvalue weighted by Crippen LogP contribution is -2.20. The van der Waals surface area contributed by atoms with Crippen LogP contribution in [0.5, 0.6) is 0 Å². The Labute approximate surface area is 60.0 Å². The molecule has 0 radical (unpaired) electrons. The molecule has 0 aromatic rings. The molecule has 1 heterocycles. The number of ether oxygens (including phenoxy) is 1. The van der Waals surface area contributed by atoms with Crippen molar-refractivity contribution < 1.29 is 14.6 Å². The zero-order valence-corrected chi connectivity index (χ0v) is 6.20. The van der Waals surface area contributed by atoms with Gasteiger partial charge in [-0.15, -0.1) is 0 Å². The second-order valence-electron chi connectivity index (χ2n) is 2.78. The van der Waals surface area contributed by atoms with Gasteiger partial charge in [-0.25, -0.2) is 0 Å². The van der Waals surface area contributed by atoms with Crippen LogP contribution in [0.1, 0.15) is 13.8 Å². The van der Waals surface area contributed by atoms with Gasteiger partial charge in [0.25, 0.3) is 0 Å². The Morgan fingerprint density at radius 2 is 2.20 bits per heavy atom. The minimum absolute atomic E-state index is 0.00694. The van der Waals surface area contributed by atoms with Crippen LogP contribution in [0.4, 0.5) is 0 Å². The van der Waals surface area contributed by atoms with Gasteiger partial charge in [0.2, 0.25) is 0 Å². The lowest BCUT2D eigenvalue weighted by molar-refractivity contribution is -0.143. The molecule has 3 unspecified atom stereocenters. The van der Waals surface area contributed by atoms with Gasteiger partial charge < -0.3 is 9.84 Å². The Balaban J connectivity index is 2.64. The molecule has 3 heteroatoms. The van der Waals surface area contributed by atoms with E-state index in [1.807, 2.05) is 6.92 Å². The van der Waals surface area contributed by atoms with E-state index in [-0.39, 0.29) is 30.5 Å². The van der Waals surface area contributed by atoms with Crippen LogP contribution in [0.2, 0.25) is 0 Å². The van der Waals surface area contributed by atoms with E-state index in [2.05, 4.69) is 0 Å². The van der Waals surface area contributed by atoms with E-state index in [1.54, 1.807) is 6.92 Å². The number of hydrogen-bond donors (Lipinski definition) is 1. The van der Waals surface area contributed by atoms with Gasteiger partial charge in [-0.1, -0.05) is 6.92 Å². The van der Waals surface area contributed by atoms with Crippen LogP contribution in [0.25, 0.3) is 0 Å². The van der Waals surface area contributed by atoms with Gasteiger partial charge in [-0.2, -0.15) is 0 Å². The van der Waals surface area contributed by atoms with E-state index in [0.29, 0.717) is 0 Å². The van der Waals surface area contributed by atoms with Crippen molar-refractivity contribution in [1.82, 2.24) is 0 Å². The van der Waals surface area contributed by atoms with Crippen molar-refractivity contribution in [3.63, 3.8) is 0 Å². The zero-order valence-electron chi connectivity index (χ0n) is 6.20. The molecule has 1 rings (SSSR count). The molecule has 1 fully saturated rings. The van der Waals surface area contributed by atoms with Crippen LogP contribution in [0, 0.1) is 11.8 Å². The molecular formula is C7H12O3. The molecular weight excluding hydrogens is 132 g/mol. The number of aliphatic hydroxyl groups is 1. The maximum absolute atomic E-state index is 10.8. The number of carbonyl (C=O) groups excluding carboxylic acids is 1. The molecule has 0 amide bonds. The van der Waals surface area contributed by atoms with Gasteiger partial charge in [-0.05, 0) is 6.92 Å². The predicted octanol–water partition coefficient (Wildman–Crippen LogP) is 0.176. The van der Waals surface area contributed by atoms with Crippen molar-refractivity contribution in [2.24, 2.45) is 11.8 Å². The largest absolute Gasteiger partial charge is 0.462 e. The molecule has 0 saturated carbocycles. The summed E-state index contributed by atoms with van der Waals surface area (Å²) in [6.07, 6.45) is -0.118. The Morgan fingerprint density at radius 3 is 2.40 bits per heavy atom. The van der Waals surface area contributed by atoms with E-state index in [0.717, 1.165) is 0 Å². The number of hydrogen-bond acceptors (Lipinski definition) is 3. The Kier molecular flexibility index (Phi) is 1.94. The van der Waals surface area contributed by atoms with Crippen molar-refractivity contribution in [2.45, 2.75) is 20.0 Å². The molecule has 0 aliphatic carbocycles. The van der Waals surface area contributed by atoms with Gasteiger partial charge in [0.1, 0.15) is 6.10 Å². The van der Waals surface area contributed by atoms with E-state index >= 15 is 0 Å². The second-order valence-corrected chi connectivity index (χ2v) is 2.78. The first-order valence-electron chi connectivity index (χ1n) is 3.48. The van der Waals surface area contributed by atoms with Gasteiger partial charge in [0, 0.05) is 5.92 Å². The predicted molar refractivity (Wildman–Crippen MR) is 35.3 cm³/mol. The second kappa shape index (κ2) is 2.58. The van der Waals surface area contributed by atoms with E-state index < -0.39 is 0 Å². The van der Waals surface area contributed by atoms with Gasteiger partial charge in [0.15, 0.2) is 0 Å². The highest BCUT2D eigenvalue weighted by Gasteiger charge is 2.38. The quantitative estimate of drug-likeness (QED) is 0.534. The first kappa shape index (κ1) is 7.54. The standard InChI is InChI=1S/C7H12O3/c1-4-6(3-8)5(2)10-7(4)9/h4-6,8H,3H2,1-2H3. The fourth-order valence-corrected chi connectivity index (χ4v) is 1.27. The highest BCUT2D eigenvalue weighted by Crippen LogP contribution is 2.26. The van der Waals surface area contributed by atoms with Crippen molar-refractivity contribution in [1.29, 1.82) is 0 Å². The van der Waals surface area contributed by atoms with Crippen LogP contribution in [-0.4, -0.2) is 23.8 Å². The number of cyclic esters (lactones) is 1. The molecule has 1 saturated heterocycles. The lowest BCUT2D eigenvalue weighted by atomic mass is 9.94. The molecule has 10 heavy (non-hydrogen) atoms. The lowest BCUT2D eigenvalue weighted by Gasteiger charge is -2.10. The minimum atomic E-state index is -0.188. The Bertz CT molecular complexity index is 144. The first-order valence-corrected chi connectivity index (χ1v) is 3.48. The van der Waals surface area contributed by atoms with Gasteiger partial charge in [0.05, 0.1) is 12.5 Å². The van der Waals surface area contributed by atoms with Crippen molar-refractivity contribution in [2.75, 3.05) is 6.61 Å². The highest BCUT2D eigenvalue weighted by molar-refractivity contribution is 5.74. The van der Waals surface area contributed by atoms with E-state index in [4.69, 9.17) is 9.84 Å². The molecule has 1 aliphatic heterocycles. The summed E-state index contributed by atoms with van der Waals surface area (Å²) in [5.41, 5.74) is 0. The van der Waals surface area contributed by atoms with E-state index in [1.165, 1.54) is 0 Å². The highest BCUT2D eigenvalue weighted by atomic mass is 16.6. The summed E-state index contributed by atoms with van der Waals surface area (Å²) < 4.78 is 4.88. The van der Waals surface area contributed by atoms with Gasteiger partial charge in [-0.3, -0.25) is 4.79 Å². The smallest absolute Gasteiger partial charge is 0.309 e. The van der Waals surface area contributed by atoms with Crippen LogP contribution < -0.4 is 0 Å². The third kappa shape index (κ3) is 1.01. The summed E-state index contributed by atoms with van der Waals surface area (Å²) in [7, 11) is 0. The number of carbonyl (C=O) groups is 1. The van der Waals surface area contributed by atoms with Crippen LogP contribution in [0.15, 0.2) is 0 Å². The van der Waals surface area contributed by atoms with Crippen molar-refractivity contribution >= 4 is 5.97 Å². The monoisotopic (exact) mass is 144 g/mol. The van der Waals surface area contributed by atoms with Crippen LogP contribution >= 0.6 is 0 Å². The molecule has 0 aromatic heterocycles. The van der Waals surface area contributed by atoms with Crippen molar-refractivity contribution in [3.8, 4) is 0 Å². The minimum Gasteiger partial charge on any atom is -0.462 e. The maximum Gasteiger partial charge on any atom is 0.309 e. The normalized spacial score (nSPS) is 39.9. The van der Waals surface area contributed by atoms with Crippen LogP contribution in [0.3, 0.4) is 0 Å². The summed E-state index contributed by atoms with van der Waals surface area (Å²) in [5, 5.41) is 8.79. The topological polar surface area (TPSA) is 46.5 Å².